The molecule has 3 rings (SSSR count). The fraction of sp³-hybridized carbons (Fsp3) is 0.611. The van der Waals surface area contributed by atoms with E-state index >= 15 is 0 Å². The SMILES string of the molecule is CCC(=O)N(CC1CC1)CC1CC1(C)c1ccccc1. The highest BCUT2D eigenvalue weighted by atomic mass is 16.2. The Bertz CT molecular complexity index is 479. The Labute approximate surface area is 122 Å². The predicted octanol–water partition coefficient (Wildman–Crippen LogP) is 3.61. The van der Waals surface area contributed by atoms with Gasteiger partial charge in [0.2, 0.25) is 5.91 Å². The van der Waals surface area contributed by atoms with Gasteiger partial charge in [0.05, 0.1) is 0 Å². The highest BCUT2D eigenvalue weighted by molar-refractivity contribution is 5.76. The molecule has 2 saturated carbocycles. The summed E-state index contributed by atoms with van der Waals surface area (Å²) in [4.78, 5) is 14.2. The highest BCUT2D eigenvalue weighted by Gasteiger charge is 2.51. The van der Waals surface area contributed by atoms with Crippen molar-refractivity contribution in [2.45, 2.75) is 44.9 Å². The second-order valence-corrected chi connectivity index (χ2v) is 6.78. The lowest BCUT2D eigenvalue weighted by Gasteiger charge is -2.23. The first-order valence-electron chi connectivity index (χ1n) is 7.97. The van der Waals surface area contributed by atoms with Gasteiger partial charge in [0, 0.05) is 19.5 Å². The summed E-state index contributed by atoms with van der Waals surface area (Å²) in [5.41, 5.74) is 1.72. The zero-order chi connectivity index (χ0) is 14.2. The second kappa shape index (κ2) is 5.23. The quantitative estimate of drug-likeness (QED) is 0.774. The maximum Gasteiger partial charge on any atom is 0.222 e. The number of carbonyl (C=O) groups is 1. The van der Waals surface area contributed by atoms with Crippen LogP contribution in [0.4, 0.5) is 0 Å². The molecule has 2 atom stereocenters. The van der Waals surface area contributed by atoms with Crippen molar-refractivity contribution >= 4 is 5.91 Å². The van der Waals surface area contributed by atoms with E-state index in [1.807, 2.05) is 6.92 Å². The van der Waals surface area contributed by atoms with Crippen molar-refractivity contribution in [3.05, 3.63) is 35.9 Å². The van der Waals surface area contributed by atoms with Gasteiger partial charge in [-0.1, -0.05) is 44.2 Å². The Morgan fingerprint density at radius 1 is 1.25 bits per heavy atom. The standard InChI is InChI=1S/C18H25NO/c1-3-17(20)19(12-14-9-10-14)13-16-11-18(16,2)15-7-5-4-6-8-15/h4-8,14,16H,3,9-13H2,1-2H3. The van der Waals surface area contributed by atoms with Gasteiger partial charge in [0.15, 0.2) is 0 Å². The maximum atomic E-state index is 12.1. The zero-order valence-corrected chi connectivity index (χ0v) is 12.6. The van der Waals surface area contributed by atoms with E-state index in [0.29, 0.717) is 18.2 Å². The lowest BCUT2D eigenvalue weighted by atomic mass is 9.95. The molecule has 2 fully saturated rings. The molecular weight excluding hydrogens is 246 g/mol. The molecule has 2 heteroatoms. The van der Waals surface area contributed by atoms with Gasteiger partial charge in [-0.15, -0.1) is 0 Å². The van der Waals surface area contributed by atoms with Crippen LogP contribution in [-0.2, 0) is 10.2 Å². The number of carbonyl (C=O) groups excluding carboxylic acids is 1. The number of benzene rings is 1. The van der Waals surface area contributed by atoms with Gasteiger partial charge in [0.1, 0.15) is 0 Å². The molecule has 2 unspecified atom stereocenters. The minimum Gasteiger partial charge on any atom is -0.342 e. The molecule has 0 aromatic heterocycles. The summed E-state index contributed by atoms with van der Waals surface area (Å²) in [7, 11) is 0. The smallest absolute Gasteiger partial charge is 0.222 e. The molecule has 1 aromatic carbocycles. The molecule has 0 bridgehead atoms. The first-order valence-corrected chi connectivity index (χ1v) is 7.97. The second-order valence-electron chi connectivity index (χ2n) is 6.78. The highest BCUT2D eigenvalue weighted by Crippen LogP contribution is 2.54. The molecule has 108 valence electrons. The molecule has 1 aromatic rings. The lowest BCUT2D eigenvalue weighted by molar-refractivity contribution is -0.131. The molecule has 1 amide bonds. The molecule has 0 aliphatic heterocycles. The van der Waals surface area contributed by atoms with Gasteiger partial charge >= 0.3 is 0 Å². The topological polar surface area (TPSA) is 20.3 Å². The lowest BCUT2D eigenvalue weighted by Crippen LogP contribution is -2.35. The van der Waals surface area contributed by atoms with Gasteiger partial charge in [-0.05, 0) is 42.1 Å². The summed E-state index contributed by atoms with van der Waals surface area (Å²) in [6, 6.07) is 10.8. The van der Waals surface area contributed by atoms with E-state index in [1.54, 1.807) is 0 Å². The van der Waals surface area contributed by atoms with E-state index in [4.69, 9.17) is 0 Å². The van der Waals surface area contributed by atoms with Gasteiger partial charge in [-0.3, -0.25) is 4.79 Å². The average Bonchev–Trinajstić information content (AvgIpc) is 3.38. The van der Waals surface area contributed by atoms with Crippen LogP contribution in [0.5, 0.6) is 0 Å². The van der Waals surface area contributed by atoms with Crippen LogP contribution in [-0.4, -0.2) is 23.9 Å². The maximum absolute atomic E-state index is 12.1. The van der Waals surface area contributed by atoms with Crippen molar-refractivity contribution in [1.29, 1.82) is 0 Å². The van der Waals surface area contributed by atoms with Crippen LogP contribution in [0.25, 0.3) is 0 Å². The third-order valence-corrected chi connectivity index (χ3v) is 5.12. The molecule has 2 nitrogen and oxygen atoms in total. The van der Waals surface area contributed by atoms with Crippen molar-refractivity contribution in [3.63, 3.8) is 0 Å². The van der Waals surface area contributed by atoms with Gasteiger partial charge in [-0.25, -0.2) is 0 Å². The largest absolute Gasteiger partial charge is 0.342 e. The van der Waals surface area contributed by atoms with Crippen LogP contribution < -0.4 is 0 Å². The van der Waals surface area contributed by atoms with Gasteiger partial charge in [-0.2, -0.15) is 0 Å². The third-order valence-electron chi connectivity index (χ3n) is 5.12. The minimum atomic E-state index is 0.289. The molecule has 2 aliphatic rings. The van der Waals surface area contributed by atoms with Crippen LogP contribution in [0, 0.1) is 11.8 Å². The van der Waals surface area contributed by atoms with E-state index in [-0.39, 0.29) is 5.41 Å². The molecule has 0 spiro atoms. The van der Waals surface area contributed by atoms with Crippen LogP contribution in [0.1, 0.15) is 45.1 Å². The number of amides is 1. The van der Waals surface area contributed by atoms with E-state index in [0.717, 1.165) is 19.0 Å². The number of nitrogens with zero attached hydrogens (tertiary/aromatic N) is 1. The van der Waals surface area contributed by atoms with Crippen LogP contribution in [0.15, 0.2) is 30.3 Å². The molecule has 0 heterocycles. The molecule has 0 N–H and O–H groups in total. The molecule has 0 saturated heterocycles. The first kappa shape index (κ1) is 13.7. The van der Waals surface area contributed by atoms with Gasteiger partial charge < -0.3 is 4.90 Å². The summed E-state index contributed by atoms with van der Waals surface area (Å²) in [5.74, 6) is 1.76. The monoisotopic (exact) mass is 271 g/mol. The normalized spacial score (nSPS) is 28.2. The average molecular weight is 271 g/mol. The summed E-state index contributed by atoms with van der Waals surface area (Å²) in [6.45, 7) is 6.27. The molecular formula is C18H25NO. The predicted molar refractivity (Wildman–Crippen MR) is 81.5 cm³/mol. The fourth-order valence-electron chi connectivity index (χ4n) is 3.27. The first-order chi connectivity index (χ1) is 9.63. The molecule has 2 aliphatic carbocycles. The summed E-state index contributed by atoms with van der Waals surface area (Å²) in [5, 5.41) is 0. The van der Waals surface area contributed by atoms with Crippen LogP contribution in [0.2, 0.25) is 0 Å². The van der Waals surface area contributed by atoms with E-state index in [9.17, 15) is 4.79 Å². The third kappa shape index (κ3) is 2.74. The Morgan fingerprint density at radius 2 is 1.95 bits per heavy atom. The van der Waals surface area contributed by atoms with Crippen molar-refractivity contribution in [2.24, 2.45) is 11.8 Å². The Kier molecular flexibility index (Phi) is 3.57. The van der Waals surface area contributed by atoms with E-state index < -0.39 is 0 Å². The van der Waals surface area contributed by atoms with Crippen molar-refractivity contribution in [1.82, 2.24) is 4.90 Å². The van der Waals surface area contributed by atoms with Gasteiger partial charge in [0.25, 0.3) is 0 Å². The zero-order valence-electron chi connectivity index (χ0n) is 12.6. The van der Waals surface area contributed by atoms with Crippen molar-refractivity contribution in [3.8, 4) is 0 Å². The van der Waals surface area contributed by atoms with E-state index in [1.165, 1.54) is 24.8 Å². The van der Waals surface area contributed by atoms with Crippen molar-refractivity contribution in [2.75, 3.05) is 13.1 Å². The number of hydrogen-bond donors (Lipinski definition) is 0. The summed E-state index contributed by atoms with van der Waals surface area (Å²) < 4.78 is 0. The van der Waals surface area contributed by atoms with Crippen molar-refractivity contribution < 1.29 is 4.79 Å². The fourth-order valence-corrected chi connectivity index (χ4v) is 3.27. The van der Waals surface area contributed by atoms with Crippen LogP contribution in [0.3, 0.4) is 0 Å². The summed E-state index contributed by atoms with van der Waals surface area (Å²) >= 11 is 0. The minimum absolute atomic E-state index is 0.289. The van der Waals surface area contributed by atoms with E-state index in [2.05, 4.69) is 42.2 Å². The summed E-state index contributed by atoms with van der Waals surface area (Å²) in [6.07, 6.45) is 4.49. The Hall–Kier alpha value is -1.31. The number of rotatable bonds is 6. The molecule has 0 radical (unpaired) electrons. The molecule has 20 heavy (non-hydrogen) atoms. The Morgan fingerprint density at radius 3 is 2.55 bits per heavy atom. The Balaban J connectivity index is 1.64. The van der Waals surface area contributed by atoms with Crippen LogP contribution >= 0.6 is 0 Å². The number of hydrogen-bond acceptors (Lipinski definition) is 1.